The van der Waals surface area contributed by atoms with Crippen molar-refractivity contribution >= 4 is 23.1 Å². The van der Waals surface area contributed by atoms with Crippen LogP contribution in [-0.2, 0) is 6.42 Å². The number of rotatable bonds is 5. The molecule has 0 spiro atoms. The van der Waals surface area contributed by atoms with E-state index in [9.17, 15) is 0 Å². The van der Waals surface area contributed by atoms with Gasteiger partial charge in [0.05, 0.1) is 4.21 Å². The maximum Gasteiger partial charge on any atom is 0.0646 e. The summed E-state index contributed by atoms with van der Waals surface area (Å²) in [5, 5.41) is 2.12. The Morgan fingerprint density at radius 2 is 1.94 bits per heavy atom. The molecule has 0 saturated carbocycles. The van der Waals surface area contributed by atoms with E-state index in [-0.39, 0.29) is 0 Å². The van der Waals surface area contributed by atoms with Crippen LogP contribution in [0, 0.1) is 0 Å². The van der Waals surface area contributed by atoms with Gasteiger partial charge in [-0.25, -0.2) is 0 Å². The lowest BCUT2D eigenvalue weighted by Gasteiger charge is -2.02. The second-order valence-electron chi connectivity index (χ2n) is 3.78. The Morgan fingerprint density at radius 1 is 1.12 bits per heavy atom. The minimum atomic E-state index is 1.21. The average molecular weight is 248 g/mol. The molecule has 2 rings (SSSR count). The first kappa shape index (κ1) is 11.7. The van der Waals surface area contributed by atoms with Gasteiger partial charge in [-0.05, 0) is 42.0 Å². The molecule has 0 nitrogen and oxygen atoms in total. The van der Waals surface area contributed by atoms with E-state index in [1.165, 1.54) is 33.9 Å². The van der Waals surface area contributed by atoms with E-state index in [0.717, 1.165) is 0 Å². The van der Waals surface area contributed by atoms with Crippen LogP contribution in [0.1, 0.15) is 25.3 Å². The van der Waals surface area contributed by atoms with Crippen molar-refractivity contribution in [3.05, 3.63) is 47.3 Å². The third kappa shape index (κ3) is 3.39. The van der Waals surface area contributed by atoms with Crippen molar-refractivity contribution in [1.29, 1.82) is 0 Å². The van der Waals surface area contributed by atoms with E-state index in [2.05, 4.69) is 48.7 Å². The number of benzene rings is 1. The molecule has 0 fully saturated rings. The monoisotopic (exact) mass is 248 g/mol. The number of thiophene rings is 1. The van der Waals surface area contributed by atoms with Gasteiger partial charge in [0.2, 0.25) is 0 Å². The SMILES string of the molecule is CCCCc1ccc(Sc2cccs2)cc1. The van der Waals surface area contributed by atoms with E-state index < -0.39 is 0 Å². The molecule has 0 saturated heterocycles. The van der Waals surface area contributed by atoms with Crippen molar-refractivity contribution in [2.24, 2.45) is 0 Å². The number of aryl methyl sites for hydroxylation is 1. The van der Waals surface area contributed by atoms with E-state index in [0.29, 0.717) is 0 Å². The van der Waals surface area contributed by atoms with Gasteiger partial charge in [-0.15, -0.1) is 11.3 Å². The van der Waals surface area contributed by atoms with Gasteiger partial charge in [0.1, 0.15) is 0 Å². The summed E-state index contributed by atoms with van der Waals surface area (Å²) in [6.07, 6.45) is 3.77. The van der Waals surface area contributed by atoms with Gasteiger partial charge in [-0.1, -0.05) is 43.3 Å². The zero-order valence-electron chi connectivity index (χ0n) is 9.48. The molecule has 84 valence electrons. The smallest absolute Gasteiger partial charge is 0.0646 e. The molecule has 0 amide bonds. The van der Waals surface area contributed by atoms with Crippen molar-refractivity contribution < 1.29 is 0 Å². The Bertz CT molecular complexity index is 401. The van der Waals surface area contributed by atoms with Crippen LogP contribution in [-0.4, -0.2) is 0 Å². The Morgan fingerprint density at radius 3 is 2.56 bits per heavy atom. The minimum Gasteiger partial charge on any atom is -0.137 e. The summed E-state index contributed by atoms with van der Waals surface area (Å²) in [7, 11) is 0. The average Bonchev–Trinajstić information content (AvgIpc) is 2.81. The molecule has 2 heteroatoms. The largest absolute Gasteiger partial charge is 0.137 e. The Hall–Kier alpha value is -0.730. The van der Waals surface area contributed by atoms with Crippen molar-refractivity contribution in [2.75, 3.05) is 0 Å². The minimum absolute atomic E-state index is 1.21. The Labute approximate surface area is 106 Å². The number of hydrogen-bond donors (Lipinski definition) is 0. The maximum absolute atomic E-state index is 2.26. The first-order valence-corrected chi connectivity index (χ1v) is 7.38. The van der Waals surface area contributed by atoms with Crippen LogP contribution < -0.4 is 0 Å². The zero-order valence-corrected chi connectivity index (χ0v) is 11.1. The standard InChI is InChI=1S/C14H16S2/c1-2-3-5-12-7-9-13(10-8-12)16-14-6-4-11-15-14/h4,6-11H,2-3,5H2,1H3. The molecule has 0 radical (unpaired) electrons. The van der Waals surface area contributed by atoms with Crippen LogP contribution in [0.4, 0.5) is 0 Å². The predicted octanol–water partition coefficient (Wildman–Crippen LogP) is 5.24. The van der Waals surface area contributed by atoms with E-state index in [1.54, 1.807) is 11.3 Å². The van der Waals surface area contributed by atoms with E-state index >= 15 is 0 Å². The fourth-order valence-corrected chi connectivity index (χ4v) is 3.29. The van der Waals surface area contributed by atoms with Crippen molar-refractivity contribution in [3.8, 4) is 0 Å². The van der Waals surface area contributed by atoms with Gasteiger partial charge in [-0.2, -0.15) is 0 Å². The summed E-state index contributed by atoms with van der Waals surface area (Å²) >= 11 is 3.64. The van der Waals surface area contributed by atoms with E-state index in [4.69, 9.17) is 0 Å². The summed E-state index contributed by atoms with van der Waals surface area (Å²) in [5.74, 6) is 0. The van der Waals surface area contributed by atoms with Gasteiger partial charge >= 0.3 is 0 Å². The highest BCUT2D eigenvalue weighted by atomic mass is 32.2. The van der Waals surface area contributed by atoms with Crippen molar-refractivity contribution in [1.82, 2.24) is 0 Å². The normalized spacial score (nSPS) is 10.6. The highest BCUT2D eigenvalue weighted by Gasteiger charge is 1.98. The molecule has 0 aliphatic carbocycles. The summed E-state index contributed by atoms with van der Waals surface area (Å²) in [6, 6.07) is 13.2. The van der Waals surface area contributed by atoms with Crippen LogP contribution in [0.5, 0.6) is 0 Å². The van der Waals surface area contributed by atoms with Gasteiger partial charge in [0.15, 0.2) is 0 Å². The molecule has 1 aromatic carbocycles. The molecule has 16 heavy (non-hydrogen) atoms. The molecule has 0 N–H and O–H groups in total. The lowest BCUT2D eigenvalue weighted by atomic mass is 10.1. The molecule has 0 aliphatic rings. The lowest BCUT2D eigenvalue weighted by Crippen LogP contribution is -1.83. The molecular weight excluding hydrogens is 232 g/mol. The Kier molecular flexibility index (Phi) is 4.49. The second kappa shape index (κ2) is 6.12. The Balaban J connectivity index is 1.96. The second-order valence-corrected chi connectivity index (χ2v) is 6.10. The molecule has 1 heterocycles. The summed E-state index contributed by atoms with van der Waals surface area (Å²) in [5.41, 5.74) is 1.46. The van der Waals surface area contributed by atoms with Crippen LogP contribution in [0.2, 0.25) is 0 Å². The highest BCUT2D eigenvalue weighted by molar-refractivity contribution is 8.01. The van der Waals surface area contributed by atoms with Crippen LogP contribution in [0.25, 0.3) is 0 Å². The fourth-order valence-electron chi connectivity index (χ4n) is 1.54. The van der Waals surface area contributed by atoms with E-state index in [1.807, 2.05) is 11.8 Å². The van der Waals surface area contributed by atoms with Gasteiger partial charge in [0, 0.05) is 4.90 Å². The van der Waals surface area contributed by atoms with Crippen LogP contribution >= 0.6 is 23.1 Å². The molecular formula is C14H16S2. The fraction of sp³-hybridized carbons (Fsp3) is 0.286. The third-order valence-electron chi connectivity index (χ3n) is 2.46. The van der Waals surface area contributed by atoms with Gasteiger partial charge in [-0.3, -0.25) is 0 Å². The summed E-state index contributed by atoms with van der Waals surface area (Å²) < 4.78 is 1.36. The summed E-state index contributed by atoms with van der Waals surface area (Å²) in [4.78, 5) is 1.34. The van der Waals surface area contributed by atoms with Gasteiger partial charge in [0.25, 0.3) is 0 Å². The summed E-state index contributed by atoms with van der Waals surface area (Å²) in [6.45, 7) is 2.24. The van der Waals surface area contributed by atoms with Crippen LogP contribution in [0.15, 0.2) is 50.9 Å². The molecule has 0 bridgehead atoms. The number of hydrogen-bond acceptors (Lipinski definition) is 2. The lowest BCUT2D eigenvalue weighted by molar-refractivity contribution is 0.794. The van der Waals surface area contributed by atoms with Crippen molar-refractivity contribution in [3.63, 3.8) is 0 Å². The highest BCUT2D eigenvalue weighted by Crippen LogP contribution is 2.31. The molecule has 0 aliphatic heterocycles. The maximum atomic E-state index is 2.26. The third-order valence-corrected chi connectivity index (χ3v) is 4.50. The number of unbranched alkanes of at least 4 members (excludes halogenated alkanes) is 1. The molecule has 0 unspecified atom stereocenters. The van der Waals surface area contributed by atoms with Gasteiger partial charge < -0.3 is 0 Å². The predicted molar refractivity (Wildman–Crippen MR) is 73.5 cm³/mol. The molecule has 0 atom stereocenters. The van der Waals surface area contributed by atoms with Crippen LogP contribution in [0.3, 0.4) is 0 Å². The first-order valence-electron chi connectivity index (χ1n) is 5.69. The molecule has 1 aromatic heterocycles. The topological polar surface area (TPSA) is 0 Å². The quantitative estimate of drug-likeness (QED) is 0.697. The van der Waals surface area contributed by atoms with Crippen molar-refractivity contribution in [2.45, 2.75) is 35.3 Å². The first-order chi connectivity index (χ1) is 7.88. The molecule has 2 aromatic rings. The zero-order chi connectivity index (χ0) is 11.2.